The lowest BCUT2D eigenvalue weighted by atomic mass is 9.68. The molecule has 0 radical (unpaired) electrons. The summed E-state index contributed by atoms with van der Waals surface area (Å²) in [5, 5.41) is 0. The lowest BCUT2D eigenvalue weighted by molar-refractivity contribution is 0.0172. The summed E-state index contributed by atoms with van der Waals surface area (Å²) in [5.41, 5.74) is 1.28. The molecule has 1 aromatic carbocycles. The minimum atomic E-state index is -0.125. The van der Waals surface area contributed by atoms with Crippen molar-refractivity contribution in [1.29, 1.82) is 0 Å². The summed E-state index contributed by atoms with van der Waals surface area (Å²) in [5.74, 6) is 2.18. The number of hydrogen-bond acceptors (Lipinski definition) is 5. The minimum absolute atomic E-state index is 0.0168. The number of benzene rings is 1. The molecule has 2 aromatic rings. The highest BCUT2D eigenvalue weighted by molar-refractivity contribution is 5.94. The van der Waals surface area contributed by atoms with Gasteiger partial charge in [-0.05, 0) is 83.0 Å². The predicted octanol–water partition coefficient (Wildman–Crippen LogP) is 4.89. The molecule has 3 heterocycles. The summed E-state index contributed by atoms with van der Waals surface area (Å²) in [6.07, 6.45) is 12.1. The van der Waals surface area contributed by atoms with Crippen LogP contribution in [-0.4, -0.2) is 71.6 Å². The average Bonchev–Trinajstić information content (AvgIpc) is 3.50. The molecule has 192 valence electrons. The molecule has 6 rings (SSSR count). The highest BCUT2D eigenvalue weighted by atomic mass is 16.2. The normalized spacial score (nSPS) is 29.0. The van der Waals surface area contributed by atoms with Gasteiger partial charge in [0.1, 0.15) is 5.82 Å². The summed E-state index contributed by atoms with van der Waals surface area (Å²) in [6, 6.07) is 13.0. The maximum atomic E-state index is 14.0. The van der Waals surface area contributed by atoms with E-state index in [1.807, 2.05) is 17.2 Å². The van der Waals surface area contributed by atoms with Crippen LogP contribution in [0.25, 0.3) is 0 Å². The van der Waals surface area contributed by atoms with E-state index < -0.39 is 0 Å². The Kier molecular flexibility index (Phi) is 6.14. The monoisotopic (exact) mass is 488 g/mol. The third kappa shape index (κ3) is 3.96. The van der Waals surface area contributed by atoms with Gasteiger partial charge < -0.3 is 9.80 Å². The van der Waals surface area contributed by atoms with Crippen LogP contribution in [0.5, 0.6) is 0 Å². The third-order valence-corrected chi connectivity index (χ3v) is 9.62. The lowest BCUT2D eigenvalue weighted by Crippen LogP contribution is -2.56. The molecular formula is C29H40N6O. The molecule has 0 bridgehead atoms. The Morgan fingerprint density at radius 1 is 0.972 bits per heavy atom. The van der Waals surface area contributed by atoms with Crippen molar-refractivity contribution in [2.75, 3.05) is 50.1 Å². The zero-order chi connectivity index (χ0) is 24.8. The number of carbonyl (C=O) groups is 1. The van der Waals surface area contributed by atoms with Crippen molar-refractivity contribution in [1.82, 2.24) is 19.8 Å². The Hall–Kier alpha value is -2.67. The van der Waals surface area contributed by atoms with Gasteiger partial charge in [-0.25, -0.2) is 9.78 Å². The van der Waals surface area contributed by atoms with Gasteiger partial charge in [-0.15, -0.1) is 0 Å². The number of aromatic nitrogens is 2. The number of anilines is 2. The summed E-state index contributed by atoms with van der Waals surface area (Å²) < 4.78 is 0. The summed E-state index contributed by atoms with van der Waals surface area (Å²) in [7, 11) is 4.42. The van der Waals surface area contributed by atoms with Crippen molar-refractivity contribution in [3.8, 4) is 0 Å². The van der Waals surface area contributed by atoms with Crippen LogP contribution in [0.2, 0.25) is 0 Å². The van der Waals surface area contributed by atoms with Crippen LogP contribution in [0.1, 0.15) is 63.4 Å². The fraction of sp³-hybridized carbons (Fsp3) is 0.621. The molecule has 2 saturated carbocycles. The first-order valence-electron chi connectivity index (χ1n) is 13.9. The van der Waals surface area contributed by atoms with Gasteiger partial charge in [0.25, 0.3) is 0 Å². The van der Waals surface area contributed by atoms with E-state index in [9.17, 15) is 4.79 Å². The van der Waals surface area contributed by atoms with Gasteiger partial charge in [0.2, 0.25) is 5.95 Å². The summed E-state index contributed by atoms with van der Waals surface area (Å²) >= 11 is 0. The molecule has 4 fully saturated rings. The topological polar surface area (TPSA) is 55.8 Å². The first-order valence-corrected chi connectivity index (χ1v) is 13.9. The van der Waals surface area contributed by atoms with Crippen molar-refractivity contribution in [2.24, 2.45) is 5.92 Å². The van der Waals surface area contributed by atoms with Gasteiger partial charge in [0, 0.05) is 31.4 Å². The van der Waals surface area contributed by atoms with Gasteiger partial charge in [0.05, 0.1) is 12.1 Å². The van der Waals surface area contributed by atoms with Crippen molar-refractivity contribution in [3.63, 3.8) is 0 Å². The van der Waals surface area contributed by atoms with Gasteiger partial charge in [-0.1, -0.05) is 36.8 Å². The minimum Gasteiger partial charge on any atom is -0.341 e. The van der Waals surface area contributed by atoms with E-state index in [1.54, 1.807) is 0 Å². The lowest BCUT2D eigenvalue weighted by Gasteiger charge is -2.51. The highest BCUT2D eigenvalue weighted by Crippen LogP contribution is 2.50. The zero-order valence-corrected chi connectivity index (χ0v) is 21.9. The van der Waals surface area contributed by atoms with E-state index in [1.165, 1.54) is 37.7 Å². The number of carbonyl (C=O) groups excluding carboxylic acids is 1. The van der Waals surface area contributed by atoms with Crippen molar-refractivity contribution < 1.29 is 4.79 Å². The molecule has 7 nitrogen and oxygen atoms in total. The van der Waals surface area contributed by atoms with Crippen LogP contribution >= 0.6 is 0 Å². The Balaban J connectivity index is 1.29. The number of rotatable bonds is 6. The Morgan fingerprint density at radius 3 is 2.33 bits per heavy atom. The van der Waals surface area contributed by atoms with Crippen molar-refractivity contribution in [2.45, 2.75) is 68.9 Å². The molecule has 1 spiro atoms. The second-order valence-electron chi connectivity index (χ2n) is 11.7. The van der Waals surface area contributed by atoms with E-state index in [4.69, 9.17) is 4.98 Å². The molecule has 1 aromatic heterocycles. The fourth-order valence-corrected chi connectivity index (χ4v) is 7.04. The first kappa shape index (κ1) is 23.7. The Bertz CT molecular complexity index is 1070. The summed E-state index contributed by atoms with van der Waals surface area (Å²) in [4.78, 5) is 32.3. The summed E-state index contributed by atoms with van der Waals surface area (Å²) in [6.45, 7) is 3.62. The van der Waals surface area contributed by atoms with Crippen molar-refractivity contribution >= 4 is 17.8 Å². The van der Waals surface area contributed by atoms with Crippen molar-refractivity contribution in [3.05, 3.63) is 48.2 Å². The molecule has 0 unspecified atom stereocenters. The van der Waals surface area contributed by atoms with Crippen LogP contribution < -0.4 is 9.80 Å². The van der Waals surface area contributed by atoms with Crippen LogP contribution in [0.3, 0.4) is 0 Å². The highest BCUT2D eigenvalue weighted by Gasteiger charge is 2.55. The van der Waals surface area contributed by atoms with Gasteiger partial charge >= 0.3 is 6.03 Å². The van der Waals surface area contributed by atoms with Gasteiger partial charge in [-0.2, -0.15) is 4.98 Å². The molecule has 4 aliphatic rings. The average molecular weight is 489 g/mol. The second-order valence-corrected chi connectivity index (χ2v) is 11.7. The molecule has 2 amide bonds. The van der Waals surface area contributed by atoms with Gasteiger partial charge in [-0.3, -0.25) is 9.80 Å². The van der Waals surface area contributed by atoms with E-state index >= 15 is 0 Å². The Morgan fingerprint density at radius 2 is 1.69 bits per heavy atom. The van der Waals surface area contributed by atoms with Crippen LogP contribution in [0, 0.1) is 5.92 Å². The van der Waals surface area contributed by atoms with Crippen LogP contribution in [-0.2, 0) is 5.54 Å². The van der Waals surface area contributed by atoms with E-state index in [0.29, 0.717) is 5.92 Å². The smallest absolute Gasteiger partial charge is 0.326 e. The second kappa shape index (κ2) is 9.33. The maximum absolute atomic E-state index is 14.0. The van der Waals surface area contributed by atoms with E-state index in [-0.39, 0.29) is 17.1 Å². The quantitative estimate of drug-likeness (QED) is 0.580. The Labute approximate surface area is 215 Å². The number of nitrogens with zero attached hydrogens (tertiary/aromatic N) is 6. The molecular weight excluding hydrogens is 448 g/mol. The van der Waals surface area contributed by atoms with Crippen LogP contribution in [0.15, 0.2) is 42.6 Å². The molecule has 2 saturated heterocycles. The third-order valence-electron chi connectivity index (χ3n) is 9.62. The molecule has 0 atom stereocenters. The fourth-order valence-electron chi connectivity index (χ4n) is 7.04. The number of urea groups is 1. The molecule has 2 aliphatic heterocycles. The molecule has 36 heavy (non-hydrogen) atoms. The SMILES string of the molecule is CN(C)C1(c2ccccc2)CCC2(CC1)CN(c1ccnc(N3CCCC3)n1)C(=O)N2CC1CCC1. The number of amides is 2. The maximum Gasteiger partial charge on any atom is 0.326 e. The van der Waals surface area contributed by atoms with E-state index in [2.05, 4.69) is 64.1 Å². The van der Waals surface area contributed by atoms with E-state index in [0.717, 1.165) is 63.6 Å². The standard InChI is InChI=1S/C29H40N6O/c1-32(2)29(24-11-4-3-5-12-24)16-14-28(15-17-29)22-34(27(36)35(28)21-23-9-8-10-23)25-13-18-30-26(31-25)33-19-6-7-20-33/h3-5,11-13,18,23H,6-10,14-17,19-22H2,1-2H3. The first-order chi connectivity index (χ1) is 17.5. The zero-order valence-electron chi connectivity index (χ0n) is 21.9. The molecule has 7 heteroatoms. The van der Waals surface area contributed by atoms with Crippen LogP contribution in [0.4, 0.5) is 16.6 Å². The number of hydrogen-bond donors (Lipinski definition) is 0. The van der Waals surface area contributed by atoms with Gasteiger partial charge in [0.15, 0.2) is 0 Å². The predicted molar refractivity (Wildman–Crippen MR) is 143 cm³/mol. The largest absolute Gasteiger partial charge is 0.341 e. The molecule has 2 aliphatic carbocycles. The molecule has 0 N–H and O–H groups in total.